The molecule has 0 radical (unpaired) electrons. The molecule has 142 valence electrons. The molecule has 0 aliphatic carbocycles. The minimum atomic E-state index is -0.0440. The molecule has 0 spiro atoms. The number of carbonyl (C=O) groups is 1. The molecular weight excluding hydrogens is 358 g/mol. The van der Waals surface area contributed by atoms with Crippen LogP contribution in [0.25, 0.3) is 0 Å². The predicted molar refractivity (Wildman–Crippen MR) is 107 cm³/mol. The fraction of sp³-hybridized carbons (Fsp3) is 0.500. The summed E-state index contributed by atoms with van der Waals surface area (Å²) >= 11 is 1.43. The van der Waals surface area contributed by atoms with E-state index in [9.17, 15) is 10.1 Å². The van der Waals surface area contributed by atoms with Gasteiger partial charge in [-0.2, -0.15) is 5.26 Å². The third-order valence-electron chi connectivity index (χ3n) is 4.92. The summed E-state index contributed by atoms with van der Waals surface area (Å²) in [5.41, 5.74) is 3.33. The van der Waals surface area contributed by atoms with Crippen molar-refractivity contribution in [3.8, 4) is 6.07 Å². The Balaban J connectivity index is 1.68. The first-order chi connectivity index (χ1) is 12.9. The molecule has 3 heterocycles. The van der Waals surface area contributed by atoms with E-state index in [2.05, 4.69) is 26.3 Å². The molecule has 1 amide bonds. The summed E-state index contributed by atoms with van der Waals surface area (Å²) in [7, 11) is 0. The number of hydrogen-bond donors (Lipinski definition) is 1. The molecule has 0 aromatic carbocycles. The molecular formula is C20H25N5OS. The van der Waals surface area contributed by atoms with Gasteiger partial charge in [0.2, 0.25) is 0 Å². The van der Waals surface area contributed by atoms with Gasteiger partial charge in [0.15, 0.2) is 0 Å². The highest BCUT2D eigenvalue weighted by molar-refractivity contribution is 7.13. The van der Waals surface area contributed by atoms with Gasteiger partial charge in [-0.1, -0.05) is 0 Å². The van der Waals surface area contributed by atoms with Gasteiger partial charge < -0.3 is 10.2 Å². The van der Waals surface area contributed by atoms with Gasteiger partial charge in [0.05, 0.1) is 16.3 Å². The van der Waals surface area contributed by atoms with Gasteiger partial charge in [0, 0.05) is 25.3 Å². The van der Waals surface area contributed by atoms with Crippen molar-refractivity contribution in [2.24, 2.45) is 5.92 Å². The van der Waals surface area contributed by atoms with Crippen molar-refractivity contribution in [1.82, 2.24) is 15.3 Å². The molecule has 1 saturated heterocycles. The maximum absolute atomic E-state index is 12.5. The maximum atomic E-state index is 12.5. The Labute approximate surface area is 164 Å². The van der Waals surface area contributed by atoms with Crippen molar-refractivity contribution < 1.29 is 4.79 Å². The molecule has 7 heteroatoms. The first kappa shape index (κ1) is 19.3. The van der Waals surface area contributed by atoms with E-state index in [1.54, 1.807) is 0 Å². The van der Waals surface area contributed by atoms with Crippen molar-refractivity contribution in [1.29, 1.82) is 5.26 Å². The number of anilines is 1. The molecule has 1 N–H and O–H groups in total. The Bertz CT molecular complexity index is 899. The summed E-state index contributed by atoms with van der Waals surface area (Å²) < 4.78 is 0. The van der Waals surface area contributed by atoms with Crippen LogP contribution in [0.15, 0.2) is 6.07 Å². The van der Waals surface area contributed by atoms with E-state index in [0.717, 1.165) is 53.7 Å². The van der Waals surface area contributed by atoms with Gasteiger partial charge in [0.1, 0.15) is 16.8 Å². The third kappa shape index (κ3) is 4.28. The summed E-state index contributed by atoms with van der Waals surface area (Å²) in [5, 5.41) is 13.5. The zero-order chi connectivity index (χ0) is 19.6. The van der Waals surface area contributed by atoms with Gasteiger partial charge >= 0.3 is 0 Å². The highest BCUT2D eigenvalue weighted by Gasteiger charge is 2.25. The summed E-state index contributed by atoms with van der Waals surface area (Å²) in [6.07, 6.45) is 2.09. The van der Waals surface area contributed by atoms with Crippen LogP contribution < -0.4 is 10.2 Å². The summed E-state index contributed by atoms with van der Waals surface area (Å²) in [6, 6.07) is 4.25. The number of nitrogens with zero attached hydrogens (tertiary/aromatic N) is 4. The first-order valence-corrected chi connectivity index (χ1v) is 10.1. The number of carbonyl (C=O) groups excluding carboxylic acids is 1. The van der Waals surface area contributed by atoms with Gasteiger partial charge in [-0.25, -0.2) is 9.97 Å². The number of aromatic nitrogens is 2. The van der Waals surface area contributed by atoms with E-state index < -0.39 is 0 Å². The van der Waals surface area contributed by atoms with Crippen LogP contribution in [0.3, 0.4) is 0 Å². The van der Waals surface area contributed by atoms with Gasteiger partial charge in [-0.05, 0) is 58.1 Å². The Morgan fingerprint density at radius 1 is 1.37 bits per heavy atom. The number of aryl methyl sites for hydroxylation is 4. The number of piperidine rings is 1. The van der Waals surface area contributed by atoms with Gasteiger partial charge in [-0.15, -0.1) is 11.3 Å². The van der Waals surface area contributed by atoms with Crippen molar-refractivity contribution in [3.05, 3.63) is 38.5 Å². The van der Waals surface area contributed by atoms with Crippen LogP contribution in [0, 0.1) is 44.9 Å². The Hall–Kier alpha value is -2.46. The average molecular weight is 384 g/mol. The molecule has 6 nitrogen and oxygen atoms in total. The zero-order valence-corrected chi connectivity index (χ0v) is 17.1. The zero-order valence-electron chi connectivity index (χ0n) is 16.3. The first-order valence-electron chi connectivity index (χ1n) is 9.24. The van der Waals surface area contributed by atoms with E-state index in [1.165, 1.54) is 11.3 Å². The van der Waals surface area contributed by atoms with Crippen LogP contribution in [0.5, 0.6) is 0 Å². The molecule has 0 unspecified atom stereocenters. The predicted octanol–water partition coefficient (Wildman–Crippen LogP) is 3.29. The van der Waals surface area contributed by atoms with Crippen LogP contribution in [0.4, 0.5) is 5.82 Å². The number of nitriles is 1. The molecule has 2 aromatic heterocycles. The lowest BCUT2D eigenvalue weighted by Crippen LogP contribution is -2.41. The van der Waals surface area contributed by atoms with Crippen LogP contribution in [0.1, 0.15) is 50.0 Å². The monoisotopic (exact) mass is 383 g/mol. The number of pyridine rings is 1. The van der Waals surface area contributed by atoms with Crippen molar-refractivity contribution >= 4 is 23.1 Å². The molecule has 1 fully saturated rings. The fourth-order valence-electron chi connectivity index (χ4n) is 3.67. The van der Waals surface area contributed by atoms with E-state index in [4.69, 9.17) is 0 Å². The molecule has 0 saturated carbocycles. The number of amides is 1. The third-order valence-corrected chi connectivity index (χ3v) is 5.99. The summed E-state index contributed by atoms with van der Waals surface area (Å²) in [4.78, 5) is 24.3. The molecule has 1 aliphatic rings. The second kappa shape index (κ2) is 8.05. The molecule has 1 atom stereocenters. The molecule has 3 rings (SSSR count). The number of thiazole rings is 1. The van der Waals surface area contributed by atoms with E-state index in [1.807, 2.05) is 33.8 Å². The van der Waals surface area contributed by atoms with E-state index in [0.29, 0.717) is 22.9 Å². The molecule has 2 aromatic rings. The van der Waals surface area contributed by atoms with Gasteiger partial charge in [0.25, 0.3) is 5.91 Å². The van der Waals surface area contributed by atoms with Crippen LogP contribution in [-0.4, -0.2) is 35.5 Å². The smallest absolute Gasteiger partial charge is 0.263 e. The highest BCUT2D eigenvalue weighted by atomic mass is 32.1. The van der Waals surface area contributed by atoms with Crippen LogP contribution in [-0.2, 0) is 0 Å². The van der Waals surface area contributed by atoms with E-state index >= 15 is 0 Å². The topological polar surface area (TPSA) is 81.9 Å². The summed E-state index contributed by atoms with van der Waals surface area (Å²) in [5.74, 6) is 1.07. The van der Waals surface area contributed by atoms with Crippen molar-refractivity contribution in [2.45, 2.75) is 40.5 Å². The normalized spacial score (nSPS) is 16.9. The average Bonchev–Trinajstić information content (AvgIpc) is 2.97. The largest absolute Gasteiger partial charge is 0.355 e. The van der Waals surface area contributed by atoms with E-state index in [-0.39, 0.29) is 5.91 Å². The Morgan fingerprint density at radius 2 is 2.15 bits per heavy atom. The minimum absolute atomic E-state index is 0.0440. The van der Waals surface area contributed by atoms with Crippen LogP contribution in [0.2, 0.25) is 0 Å². The fourth-order valence-corrected chi connectivity index (χ4v) is 4.50. The minimum Gasteiger partial charge on any atom is -0.355 e. The van der Waals surface area contributed by atoms with Crippen molar-refractivity contribution in [3.63, 3.8) is 0 Å². The molecule has 1 aliphatic heterocycles. The highest BCUT2D eigenvalue weighted by Crippen LogP contribution is 2.27. The second-order valence-corrected chi connectivity index (χ2v) is 8.41. The molecule has 0 bridgehead atoms. The lowest BCUT2D eigenvalue weighted by molar-refractivity contribution is 0.0949. The Morgan fingerprint density at radius 3 is 2.81 bits per heavy atom. The molecule has 27 heavy (non-hydrogen) atoms. The Kier molecular flexibility index (Phi) is 5.76. The number of nitrogens with one attached hydrogen (secondary N) is 1. The lowest BCUT2D eigenvalue weighted by atomic mass is 9.97. The lowest BCUT2D eigenvalue weighted by Gasteiger charge is -2.34. The number of rotatable bonds is 4. The number of hydrogen-bond acceptors (Lipinski definition) is 6. The van der Waals surface area contributed by atoms with Crippen LogP contribution >= 0.6 is 11.3 Å². The maximum Gasteiger partial charge on any atom is 0.263 e. The SMILES string of the molecule is Cc1cc(C)c(C#N)c(N2CCC[C@H](CNC(=O)c3sc(C)nc3C)C2)n1. The summed E-state index contributed by atoms with van der Waals surface area (Å²) in [6.45, 7) is 10.0. The van der Waals surface area contributed by atoms with Gasteiger partial charge in [-0.3, -0.25) is 4.79 Å². The standard InChI is InChI=1S/C20H25N5OS/c1-12-8-13(2)23-19(17(12)9-21)25-7-5-6-16(11-25)10-22-20(26)18-14(3)24-15(4)27-18/h8,16H,5-7,10-11H2,1-4H3,(H,22,26)/t16-/m1/s1. The quantitative estimate of drug-likeness (QED) is 0.876. The van der Waals surface area contributed by atoms with Crippen molar-refractivity contribution in [2.75, 3.05) is 24.5 Å². The second-order valence-electron chi connectivity index (χ2n) is 7.20.